The number of hydrogen-bond donors (Lipinski definition) is 0. The molecular formula is C29H27ClF3N7. The van der Waals surface area contributed by atoms with Crippen LogP contribution in [0, 0.1) is 29.1 Å². The third kappa shape index (κ3) is 3.25. The van der Waals surface area contributed by atoms with Gasteiger partial charge in [0.2, 0.25) is 0 Å². The van der Waals surface area contributed by atoms with E-state index in [9.17, 15) is 18.4 Å². The van der Waals surface area contributed by atoms with Crippen LogP contribution in [0.1, 0.15) is 66.5 Å². The Labute approximate surface area is 234 Å². The Morgan fingerprint density at radius 2 is 1.80 bits per heavy atom. The number of aryl methyl sites for hydroxylation is 1. The van der Waals surface area contributed by atoms with Crippen LogP contribution in [0.2, 0.25) is 5.02 Å². The molecule has 1 aromatic carbocycles. The van der Waals surface area contributed by atoms with E-state index in [1.165, 1.54) is 0 Å². The first-order valence-electron chi connectivity index (χ1n) is 13.7. The lowest BCUT2D eigenvalue weighted by Crippen LogP contribution is -2.78. The van der Waals surface area contributed by atoms with E-state index in [-0.39, 0.29) is 30.6 Å². The number of halogens is 4. The predicted octanol–water partition coefficient (Wildman–Crippen LogP) is 5.68. The zero-order valence-electron chi connectivity index (χ0n) is 22.0. The molecule has 2 aliphatic heterocycles. The highest BCUT2D eigenvalue weighted by Crippen LogP contribution is 2.75. The van der Waals surface area contributed by atoms with E-state index in [0.29, 0.717) is 23.7 Å². The Balaban J connectivity index is 1.03. The molecule has 4 aliphatic carbocycles. The van der Waals surface area contributed by atoms with Crippen LogP contribution < -0.4 is 4.90 Å². The lowest BCUT2D eigenvalue weighted by atomic mass is 9.38. The molecule has 1 spiro atoms. The Hall–Kier alpha value is -3.16. The Morgan fingerprint density at radius 1 is 1.05 bits per heavy atom. The van der Waals surface area contributed by atoms with Gasteiger partial charge in [0, 0.05) is 41.5 Å². The summed E-state index contributed by atoms with van der Waals surface area (Å²) in [5, 5.41) is 19.1. The van der Waals surface area contributed by atoms with Gasteiger partial charge in [0.15, 0.2) is 5.82 Å². The molecule has 4 saturated carbocycles. The fraction of sp³-hybridized carbons (Fsp3) is 0.517. The first-order chi connectivity index (χ1) is 19.0. The van der Waals surface area contributed by atoms with Gasteiger partial charge in [0.25, 0.3) is 0 Å². The zero-order chi connectivity index (χ0) is 27.7. The van der Waals surface area contributed by atoms with Crippen LogP contribution in [0.3, 0.4) is 0 Å². The van der Waals surface area contributed by atoms with Crippen molar-refractivity contribution in [1.82, 2.24) is 24.6 Å². The second-order valence-electron chi connectivity index (χ2n) is 12.8. The van der Waals surface area contributed by atoms with E-state index < -0.39 is 17.1 Å². The highest BCUT2D eigenvalue weighted by molar-refractivity contribution is 6.30. The van der Waals surface area contributed by atoms with Crippen LogP contribution in [0.25, 0.3) is 5.69 Å². The monoisotopic (exact) mass is 565 g/mol. The summed E-state index contributed by atoms with van der Waals surface area (Å²) in [7, 11) is 0. The van der Waals surface area contributed by atoms with Gasteiger partial charge in [-0.15, -0.1) is 10.2 Å². The maximum absolute atomic E-state index is 13.6. The third-order valence-electron chi connectivity index (χ3n) is 10.3. The van der Waals surface area contributed by atoms with Crippen LogP contribution in [-0.4, -0.2) is 49.5 Å². The summed E-state index contributed by atoms with van der Waals surface area (Å²) < 4.78 is 42.9. The van der Waals surface area contributed by atoms with Gasteiger partial charge in [-0.05, 0) is 74.9 Å². The number of fused-ring (bicyclic) bond motifs is 3. The van der Waals surface area contributed by atoms with E-state index in [4.69, 9.17) is 11.6 Å². The number of alkyl halides is 3. The molecule has 0 radical (unpaired) electrons. The van der Waals surface area contributed by atoms with Gasteiger partial charge in [-0.1, -0.05) is 11.6 Å². The number of hydrogen-bond acceptors (Lipinski definition) is 6. The molecule has 0 N–H and O–H groups in total. The maximum atomic E-state index is 13.6. The highest BCUT2D eigenvalue weighted by atomic mass is 35.5. The van der Waals surface area contributed by atoms with E-state index >= 15 is 0 Å². The number of nitrogens with zero attached hydrogens (tertiary/aromatic N) is 7. The molecule has 1 saturated heterocycles. The molecular weight excluding hydrogens is 539 g/mol. The SMILES string of the molecule is Cc1nc(N2CC3(CC(c4nnc5n4-c4ccc(Cl)cc4CN(C46CC(C(F)(F)F)(C4)C6)C5)C3)C2)ccc1C#N. The van der Waals surface area contributed by atoms with Crippen molar-refractivity contribution in [1.29, 1.82) is 5.26 Å². The molecule has 2 bridgehead atoms. The molecule has 206 valence electrons. The first kappa shape index (κ1) is 24.6. The molecule has 0 amide bonds. The summed E-state index contributed by atoms with van der Waals surface area (Å²) in [5.74, 6) is 2.89. The fourth-order valence-corrected chi connectivity index (χ4v) is 8.39. The maximum Gasteiger partial charge on any atom is 0.394 e. The topological polar surface area (TPSA) is 73.9 Å². The van der Waals surface area contributed by atoms with E-state index in [1.54, 1.807) is 0 Å². The van der Waals surface area contributed by atoms with Gasteiger partial charge in [-0.2, -0.15) is 18.4 Å². The largest absolute Gasteiger partial charge is 0.394 e. The van der Waals surface area contributed by atoms with Crippen molar-refractivity contribution in [3.8, 4) is 11.8 Å². The summed E-state index contributed by atoms with van der Waals surface area (Å²) in [6.45, 7) is 4.73. The van der Waals surface area contributed by atoms with Gasteiger partial charge in [0.1, 0.15) is 17.7 Å². The van der Waals surface area contributed by atoms with Crippen LogP contribution in [-0.2, 0) is 13.1 Å². The Morgan fingerprint density at radius 3 is 2.48 bits per heavy atom. The molecule has 6 aliphatic rings. The summed E-state index contributed by atoms with van der Waals surface area (Å²) in [6.07, 6.45) is -1.65. The van der Waals surface area contributed by atoms with Crippen LogP contribution >= 0.6 is 11.6 Å². The van der Waals surface area contributed by atoms with Crippen molar-refractivity contribution in [3.63, 3.8) is 0 Å². The summed E-state index contributed by atoms with van der Waals surface area (Å²) >= 11 is 6.39. The fourth-order valence-electron chi connectivity index (χ4n) is 8.19. The smallest absolute Gasteiger partial charge is 0.355 e. The lowest BCUT2D eigenvalue weighted by Gasteiger charge is -2.73. The highest BCUT2D eigenvalue weighted by Gasteiger charge is 2.80. The van der Waals surface area contributed by atoms with Crippen molar-refractivity contribution in [3.05, 3.63) is 63.8 Å². The number of pyridine rings is 1. The molecule has 11 heteroatoms. The quantitative estimate of drug-likeness (QED) is 0.407. The number of rotatable bonds is 3. The van der Waals surface area contributed by atoms with Gasteiger partial charge in [0.05, 0.1) is 28.9 Å². The van der Waals surface area contributed by atoms with Crippen LogP contribution in [0.15, 0.2) is 30.3 Å². The molecule has 3 aromatic rings. The average molecular weight is 566 g/mol. The van der Waals surface area contributed by atoms with Crippen LogP contribution in [0.5, 0.6) is 0 Å². The van der Waals surface area contributed by atoms with Gasteiger partial charge in [-0.3, -0.25) is 9.47 Å². The molecule has 0 atom stereocenters. The van der Waals surface area contributed by atoms with E-state index in [0.717, 1.165) is 60.3 Å². The van der Waals surface area contributed by atoms with Crippen LogP contribution in [0.4, 0.5) is 19.0 Å². The number of benzene rings is 1. The number of nitriles is 1. The second kappa shape index (κ2) is 7.77. The summed E-state index contributed by atoms with van der Waals surface area (Å²) in [6, 6.07) is 11.7. The Bertz CT molecular complexity index is 1590. The molecule has 0 unspecified atom stereocenters. The lowest BCUT2D eigenvalue weighted by molar-refractivity contribution is -0.364. The van der Waals surface area contributed by atoms with E-state index in [1.807, 2.05) is 37.3 Å². The van der Waals surface area contributed by atoms with Crippen molar-refractivity contribution in [2.75, 3.05) is 18.0 Å². The molecule has 2 aromatic heterocycles. The minimum Gasteiger partial charge on any atom is -0.355 e. The Kier molecular flexibility index (Phi) is 4.78. The molecule has 5 fully saturated rings. The van der Waals surface area contributed by atoms with Gasteiger partial charge >= 0.3 is 6.18 Å². The number of anilines is 1. The minimum absolute atomic E-state index is 0.162. The van der Waals surface area contributed by atoms with E-state index in [2.05, 4.69) is 35.6 Å². The first-order valence-corrected chi connectivity index (χ1v) is 14.1. The molecule has 4 heterocycles. The summed E-state index contributed by atoms with van der Waals surface area (Å²) in [5.41, 5.74) is 1.62. The minimum atomic E-state index is -4.14. The molecule has 40 heavy (non-hydrogen) atoms. The normalized spacial score (nSPS) is 28.4. The number of aromatic nitrogens is 4. The standard InChI is InChI=1S/C29H27ClF3N7/c1-17-18(9-34)2-5-23(35-17)38-15-26(16-38)7-20(8-26)25-37-36-24-11-39(28-12-27(13-28,14-28)29(31,32)33)10-19-6-21(30)3-4-22(19)40(24)25/h2-6,20H,7-8,10-16H2,1H3. The van der Waals surface area contributed by atoms with Crippen molar-refractivity contribution in [2.45, 2.75) is 69.8 Å². The van der Waals surface area contributed by atoms with Gasteiger partial charge < -0.3 is 4.90 Å². The molecule has 7 nitrogen and oxygen atoms in total. The van der Waals surface area contributed by atoms with Gasteiger partial charge in [-0.25, -0.2) is 4.98 Å². The summed E-state index contributed by atoms with van der Waals surface area (Å²) in [4.78, 5) is 9.07. The average Bonchev–Trinajstić information content (AvgIpc) is 3.10. The molecule has 9 rings (SSSR count). The van der Waals surface area contributed by atoms with Crippen molar-refractivity contribution >= 4 is 17.4 Å². The van der Waals surface area contributed by atoms with Crippen molar-refractivity contribution < 1.29 is 13.2 Å². The zero-order valence-corrected chi connectivity index (χ0v) is 22.7. The van der Waals surface area contributed by atoms with Crippen molar-refractivity contribution in [2.24, 2.45) is 10.8 Å². The predicted molar refractivity (Wildman–Crippen MR) is 141 cm³/mol. The second-order valence-corrected chi connectivity index (χ2v) is 13.3. The third-order valence-corrected chi connectivity index (χ3v) is 10.5.